The predicted molar refractivity (Wildman–Crippen MR) is 99.1 cm³/mol. The molecule has 1 unspecified atom stereocenters. The van der Waals surface area contributed by atoms with Crippen LogP contribution in [-0.4, -0.2) is 42.7 Å². The summed E-state index contributed by atoms with van der Waals surface area (Å²) in [6.45, 7) is 6.46. The number of hydrogen-bond donors (Lipinski definition) is 2. The second kappa shape index (κ2) is 9.08. The summed E-state index contributed by atoms with van der Waals surface area (Å²) in [4.78, 5) is 14.8. The van der Waals surface area contributed by atoms with Gasteiger partial charge in [-0.25, -0.2) is 0 Å². The lowest BCUT2D eigenvalue weighted by molar-refractivity contribution is 0.0932. The molecule has 0 radical (unpaired) electrons. The highest BCUT2D eigenvalue weighted by Crippen LogP contribution is 2.24. The van der Waals surface area contributed by atoms with Crippen molar-refractivity contribution in [3.8, 4) is 11.5 Å². The van der Waals surface area contributed by atoms with Crippen molar-refractivity contribution in [2.45, 2.75) is 19.9 Å². The molecule has 2 aromatic carbocycles. The zero-order valence-electron chi connectivity index (χ0n) is 15.0. The van der Waals surface area contributed by atoms with E-state index in [4.69, 9.17) is 4.74 Å². The van der Waals surface area contributed by atoms with Crippen molar-refractivity contribution in [3.63, 3.8) is 0 Å². The summed E-state index contributed by atoms with van der Waals surface area (Å²) in [5, 5.41) is 13.0. The van der Waals surface area contributed by atoms with Gasteiger partial charge in [0.1, 0.15) is 11.5 Å². The van der Waals surface area contributed by atoms with Gasteiger partial charge in [0.05, 0.1) is 18.7 Å². The first kappa shape index (κ1) is 18.8. The van der Waals surface area contributed by atoms with Crippen LogP contribution in [0.4, 0.5) is 0 Å². The normalized spacial score (nSPS) is 12.0. The van der Waals surface area contributed by atoms with Crippen LogP contribution in [0.3, 0.4) is 0 Å². The number of methoxy groups -OCH3 is 1. The number of carbonyl (C=O) groups is 1. The van der Waals surface area contributed by atoms with Crippen molar-refractivity contribution in [3.05, 3.63) is 59.7 Å². The summed E-state index contributed by atoms with van der Waals surface area (Å²) in [7, 11) is 1.52. The number of amides is 1. The van der Waals surface area contributed by atoms with Crippen molar-refractivity contribution in [1.82, 2.24) is 10.2 Å². The molecule has 0 bridgehead atoms. The van der Waals surface area contributed by atoms with E-state index in [1.54, 1.807) is 12.1 Å². The van der Waals surface area contributed by atoms with Crippen molar-refractivity contribution in [2.75, 3.05) is 26.7 Å². The minimum atomic E-state index is -0.298. The molecule has 0 aromatic heterocycles. The zero-order valence-corrected chi connectivity index (χ0v) is 15.0. The number of phenolic OH excluding ortho intramolecular Hbond substituents is 1. The van der Waals surface area contributed by atoms with Gasteiger partial charge < -0.3 is 15.2 Å². The zero-order chi connectivity index (χ0) is 18.2. The Morgan fingerprint density at radius 1 is 1.16 bits per heavy atom. The summed E-state index contributed by atoms with van der Waals surface area (Å²) < 4.78 is 5.05. The minimum Gasteiger partial charge on any atom is -0.507 e. The molecule has 0 saturated carbocycles. The molecule has 134 valence electrons. The van der Waals surface area contributed by atoms with E-state index < -0.39 is 0 Å². The first-order valence-electron chi connectivity index (χ1n) is 8.54. The number of carbonyl (C=O) groups excluding carboxylic acids is 1. The lowest BCUT2D eigenvalue weighted by Crippen LogP contribution is -2.38. The maximum atomic E-state index is 12.5. The number of aromatic hydroxyl groups is 1. The largest absolute Gasteiger partial charge is 0.507 e. The van der Waals surface area contributed by atoms with Gasteiger partial charge in [0.25, 0.3) is 5.91 Å². The molecule has 0 fully saturated rings. The molecule has 25 heavy (non-hydrogen) atoms. The van der Waals surface area contributed by atoms with E-state index >= 15 is 0 Å². The van der Waals surface area contributed by atoms with E-state index in [2.05, 4.69) is 36.2 Å². The highest BCUT2D eigenvalue weighted by molar-refractivity contribution is 5.97. The highest BCUT2D eigenvalue weighted by atomic mass is 16.5. The van der Waals surface area contributed by atoms with Crippen LogP contribution in [-0.2, 0) is 0 Å². The van der Waals surface area contributed by atoms with Gasteiger partial charge >= 0.3 is 0 Å². The molecule has 1 atom stereocenters. The van der Waals surface area contributed by atoms with E-state index in [0.29, 0.717) is 12.3 Å². The Bertz CT molecular complexity index is 685. The van der Waals surface area contributed by atoms with Crippen LogP contribution in [0.1, 0.15) is 35.8 Å². The quantitative estimate of drug-likeness (QED) is 0.773. The second-order valence-electron chi connectivity index (χ2n) is 5.74. The molecule has 0 spiro atoms. The van der Waals surface area contributed by atoms with E-state index in [0.717, 1.165) is 18.7 Å². The number of nitrogens with zero attached hydrogens (tertiary/aromatic N) is 1. The number of phenols is 1. The van der Waals surface area contributed by atoms with Crippen LogP contribution in [0.5, 0.6) is 11.5 Å². The number of nitrogens with one attached hydrogen (secondary N) is 1. The molecule has 0 aliphatic rings. The molecule has 2 rings (SSSR count). The SMILES string of the molecule is CCN(CC)C(CNC(=O)c1ccc(OC)cc1O)c1ccccc1. The van der Waals surface area contributed by atoms with E-state index in [1.165, 1.54) is 13.2 Å². The molecule has 2 N–H and O–H groups in total. The summed E-state index contributed by atoms with van der Waals surface area (Å²) in [5.74, 6) is 0.128. The number of rotatable bonds is 8. The van der Waals surface area contributed by atoms with Gasteiger partial charge in [-0.3, -0.25) is 9.69 Å². The van der Waals surface area contributed by atoms with Gasteiger partial charge in [-0.1, -0.05) is 44.2 Å². The Morgan fingerprint density at radius 3 is 2.40 bits per heavy atom. The smallest absolute Gasteiger partial charge is 0.255 e. The molecule has 2 aromatic rings. The Kier molecular flexibility index (Phi) is 6.83. The average molecular weight is 342 g/mol. The first-order chi connectivity index (χ1) is 12.1. The number of ether oxygens (including phenoxy) is 1. The second-order valence-corrected chi connectivity index (χ2v) is 5.74. The van der Waals surface area contributed by atoms with Gasteiger partial charge in [-0.15, -0.1) is 0 Å². The van der Waals surface area contributed by atoms with Crippen LogP contribution < -0.4 is 10.1 Å². The van der Waals surface area contributed by atoms with Gasteiger partial charge in [-0.2, -0.15) is 0 Å². The first-order valence-corrected chi connectivity index (χ1v) is 8.54. The molecule has 0 aliphatic carbocycles. The van der Waals surface area contributed by atoms with Crippen molar-refractivity contribution >= 4 is 5.91 Å². The standard InChI is InChI=1S/C20H26N2O3/c1-4-22(5-2)18(15-9-7-6-8-10-15)14-21-20(24)17-12-11-16(25-3)13-19(17)23/h6-13,18,23H,4-5,14H2,1-3H3,(H,21,24). The van der Waals surface area contributed by atoms with Crippen molar-refractivity contribution < 1.29 is 14.6 Å². The molecule has 1 amide bonds. The maximum absolute atomic E-state index is 12.5. The molecule has 5 heteroatoms. The molecule has 0 aliphatic heterocycles. The fraction of sp³-hybridized carbons (Fsp3) is 0.350. The monoisotopic (exact) mass is 342 g/mol. The number of hydrogen-bond acceptors (Lipinski definition) is 4. The number of likely N-dealkylation sites (N-methyl/N-ethyl adjacent to an activating group) is 1. The van der Waals surface area contributed by atoms with Gasteiger partial charge in [0, 0.05) is 12.6 Å². The van der Waals surface area contributed by atoms with E-state index in [1.807, 2.05) is 18.2 Å². The Hall–Kier alpha value is -2.53. The lowest BCUT2D eigenvalue weighted by Gasteiger charge is -2.30. The minimum absolute atomic E-state index is 0.0838. The van der Waals surface area contributed by atoms with E-state index in [-0.39, 0.29) is 23.3 Å². The third-order valence-corrected chi connectivity index (χ3v) is 4.34. The lowest BCUT2D eigenvalue weighted by atomic mass is 10.0. The summed E-state index contributed by atoms with van der Waals surface area (Å²) in [5.41, 5.74) is 1.40. The average Bonchev–Trinajstić information content (AvgIpc) is 2.65. The van der Waals surface area contributed by atoms with Gasteiger partial charge in [0.2, 0.25) is 0 Å². The molecular weight excluding hydrogens is 316 g/mol. The molecule has 0 saturated heterocycles. The molecule has 5 nitrogen and oxygen atoms in total. The van der Waals surface area contributed by atoms with Crippen LogP contribution in [0.25, 0.3) is 0 Å². The molecule has 0 heterocycles. The predicted octanol–water partition coefficient (Wildman–Crippen LogP) is 3.21. The van der Waals surface area contributed by atoms with Crippen LogP contribution >= 0.6 is 0 Å². The van der Waals surface area contributed by atoms with Gasteiger partial charge in [-0.05, 0) is 30.8 Å². The van der Waals surface area contributed by atoms with Crippen LogP contribution in [0.15, 0.2) is 48.5 Å². The summed E-state index contributed by atoms with van der Waals surface area (Å²) >= 11 is 0. The Morgan fingerprint density at radius 2 is 1.84 bits per heavy atom. The van der Waals surface area contributed by atoms with E-state index in [9.17, 15) is 9.90 Å². The fourth-order valence-electron chi connectivity index (χ4n) is 2.91. The third kappa shape index (κ3) is 4.73. The van der Waals surface area contributed by atoms with Crippen molar-refractivity contribution in [1.29, 1.82) is 0 Å². The van der Waals surface area contributed by atoms with Crippen molar-refractivity contribution in [2.24, 2.45) is 0 Å². The Labute approximate surface area is 149 Å². The summed E-state index contributed by atoms with van der Waals surface area (Å²) in [6.07, 6.45) is 0. The third-order valence-electron chi connectivity index (χ3n) is 4.34. The highest BCUT2D eigenvalue weighted by Gasteiger charge is 2.20. The van der Waals surface area contributed by atoms with Crippen LogP contribution in [0, 0.1) is 0 Å². The summed E-state index contributed by atoms with van der Waals surface area (Å²) in [6, 6.07) is 14.9. The fourth-order valence-corrected chi connectivity index (χ4v) is 2.91. The maximum Gasteiger partial charge on any atom is 0.255 e. The Balaban J connectivity index is 2.13. The van der Waals surface area contributed by atoms with Gasteiger partial charge in [0.15, 0.2) is 0 Å². The van der Waals surface area contributed by atoms with Crippen LogP contribution in [0.2, 0.25) is 0 Å². The topological polar surface area (TPSA) is 61.8 Å². The molecular formula is C20H26N2O3. The number of benzene rings is 2.